The molecule has 0 aliphatic heterocycles. The number of aliphatic hydroxyl groups excluding tert-OH is 1. The maximum atomic E-state index is 9.07. The summed E-state index contributed by atoms with van der Waals surface area (Å²) in [4.78, 5) is 0. The van der Waals surface area contributed by atoms with Crippen LogP contribution in [-0.2, 0) is 0 Å². The molecule has 0 fully saturated rings. The van der Waals surface area contributed by atoms with Crippen molar-refractivity contribution in [2.24, 2.45) is 0 Å². The summed E-state index contributed by atoms with van der Waals surface area (Å²) in [5.74, 6) is 0. The SMILES string of the molecule is CCC[N+](CCC)(CCC)CCO.[Br-]. The Morgan fingerprint density at radius 1 is 0.786 bits per heavy atom. The summed E-state index contributed by atoms with van der Waals surface area (Å²) in [6.45, 7) is 11.6. The number of rotatable bonds is 8. The monoisotopic (exact) mass is 267 g/mol. The Morgan fingerprint density at radius 2 is 1.14 bits per heavy atom. The molecular weight excluding hydrogens is 242 g/mol. The Morgan fingerprint density at radius 3 is 1.36 bits per heavy atom. The van der Waals surface area contributed by atoms with Crippen molar-refractivity contribution >= 4 is 0 Å². The molecule has 0 spiro atoms. The second-order valence-corrected chi connectivity index (χ2v) is 3.96. The van der Waals surface area contributed by atoms with E-state index in [1.807, 2.05) is 0 Å². The number of quaternary nitrogens is 1. The molecular formula is C11H26BrNO. The van der Waals surface area contributed by atoms with Gasteiger partial charge in [0, 0.05) is 0 Å². The third-order valence-electron chi connectivity index (χ3n) is 2.67. The standard InChI is InChI=1S/C11H26NO.BrH/c1-4-7-12(8-5-2,9-6-3)10-11-13;/h13H,4-11H2,1-3H3;1H/q+1;/p-1. The number of hydrogen-bond acceptors (Lipinski definition) is 1. The third-order valence-corrected chi connectivity index (χ3v) is 2.67. The molecule has 0 aromatic rings. The number of nitrogens with zero attached hydrogens (tertiary/aromatic N) is 1. The van der Waals surface area contributed by atoms with Crippen LogP contribution in [0.25, 0.3) is 0 Å². The van der Waals surface area contributed by atoms with Gasteiger partial charge in [-0.2, -0.15) is 0 Å². The molecule has 0 aromatic heterocycles. The van der Waals surface area contributed by atoms with Gasteiger partial charge < -0.3 is 26.6 Å². The van der Waals surface area contributed by atoms with Gasteiger partial charge >= 0.3 is 0 Å². The van der Waals surface area contributed by atoms with E-state index in [4.69, 9.17) is 5.11 Å². The van der Waals surface area contributed by atoms with Crippen LogP contribution in [0.4, 0.5) is 0 Å². The highest BCUT2D eigenvalue weighted by Gasteiger charge is 2.23. The van der Waals surface area contributed by atoms with E-state index in [9.17, 15) is 0 Å². The lowest BCUT2D eigenvalue weighted by molar-refractivity contribution is -0.928. The molecule has 14 heavy (non-hydrogen) atoms. The minimum atomic E-state index is 0. The fraction of sp³-hybridized carbons (Fsp3) is 1.00. The zero-order valence-electron chi connectivity index (χ0n) is 9.93. The van der Waals surface area contributed by atoms with E-state index in [0.29, 0.717) is 6.61 Å². The molecule has 1 N–H and O–H groups in total. The number of aliphatic hydroxyl groups is 1. The van der Waals surface area contributed by atoms with E-state index < -0.39 is 0 Å². The molecule has 3 heteroatoms. The van der Waals surface area contributed by atoms with Gasteiger partial charge in [0.2, 0.25) is 0 Å². The molecule has 0 saturated carbocycles. The van der Waals surface area contributed by atoms with Gasteiger partial charge in [0.1, 0.15) is 6.54 Å². The highest BCUT2D eigenvalue weighted by Crippen LogP contribution is 2.10. The normalized spacial score (nSPS) is 11.1. The van der Waals surface area contributed by atoms with Crippen molar-refractivity contribution in [2.45, 2.75) is 40.0 Å². The molecule has 0 rings (SSSR count). The molecule has 0 saturated heterocycles. The summed E-state index contributed by atoms with van der Waals surface area (Å²) in [7, 11) is 0. The maximum Gasteiger partial charge on any atom is 0.102 e. The predicted octanol–water partition coefficient (Wildman–Crippen LogP) is -0.970. The average Bonchev–Trinajstić information content (AvgIpc) is 2.06. The van der Waals surface area contributed by atoms with Gasteiger partial charge in [0.05, 0.1) is 26.2 Å². The summed E-state index contributed by atoms with van der Waals surface area (Å²) in [5, 5.41) is 9.07. The smallest absolute Gasteiger partial charge is 0.102 e. The largest absolute Gasteiger partial charge is 1.00 e. The minimum Gasteiger partial charge on any atom is -1.00 e. The van der Waals surface area contributed by atoms with Crippen LogP contribution >= 0.6 is 0 Å². The fourth-order valence-electron chi connectivity index (χ4n) is 2.31. The molecule has 0 aromatic carbocycles. The van der Waals surface area contributed by atoms with Crippen LogP contribution in [0.5, 0.6) is 0 Å². The van der Waals surface area contributed by atoms with Gasteiger partial charge in [-0.15, -0.1) is 0 Å². The van der Waals surface area contributed by atoms with Crippen LogP contribution in [0.1, 0.15) is 40.0 Å². The van der Waals surface area contributed by atoms with Crippen molar-refractivity contribution in [3.8, 4) is 0 Å². The van der Waals surface area contributed by atoms with Crippen molar-refractivity contribution < 1.29 is 26.6 Å². The van der Waals surface area contributed by atoms with Crippen molar-refractivity contribution in [1.29, 1.82) is 0 Å². The Hall–Kier alpha value is 0.400. The summed E-state index contributed by atoms with van der Waals surface area (Å²) < 4.78 is 1.12. The van der Waals surface area contributed by atoms with E-state index in [0.717, 1.165) is 11.0 Å². The van der Waals surface area contributed by atoms with Gasteiger partial charge in [-0.3, -0.25) is 0 Å². The second kappa shape index (κ2) is 9.94. The first-order valence-corrected chi connectivity index (χ1v) is 5.70. The summed E-state index contributed by atoms with van der Waals surface area (Å²) in [6, 6.07) is 0. The molecule has 0 atom stereocenters. The highest BCUT2D eigenvalue weighted by atomic mass is 79.9. The quantitative estimate of drug-likeness (QED) is 0.562. The fourth-order valence-corrected chi connectivity index (χ4v) is 2.31. The van der Waals surface area contributed by atoms with E-state index in [-0.39, 0.29) is 17.0 Å². The molecule has 0 aliphatic rings. The molecule has 2 nitrogen and oxygen atoms in total. The highest BCUT2D eigenvalue weighted by molar-refractivity contribution is 4.43. The van der Waals surface area contributed by atoms with Crippen LogP contribution in [0.3, 0.4) is 0 Å². The lowest BCUT2D eigenvalue weighted by Gasteiger charge is -2.38. The van der Waals surface area contributed by atoms with Gasteiger partial charge in [-0.05, 0) is 19.3 Å². The van der Waals surface area contributed by atoms with E-state index in [2.05, 4.69) is 20.8 Å². The number of hydrogen-bond donors (Lipinski definition) is 1. The topological polar surface area (TPSA) is 20.2 Å². The lowest BCUT2D eigenvalue weighted by atomic mass is 10.2. The first-order chi connectivity index (χ1) is 6.24. The van der Waals surface area contributed by atoms with Crippen LogP contribution < -0.4 is 17.0 Å². The van der Waals surface area contributed by atoms with E-state index in [1.165, 1.54) is 38.9 Å². The van der Waals surface area contributed by atoms with Gasteiger partial charge in [0.25, 0.3) is 0 Å². The summed E-state index contributed by atoms with van der Waals surface area (Å²) in [6.07, 6.45) is 3.67. The molecule has 0 amide bonds. The second-order valence-electron chi connectivity index (χ2n) is 3.96. The predicted molar refractivity (Wildman–Crippen MR) is 57.7 cm³/mol. The van der Waals surface area contributed by atoms with Crippen LogP contribution in [-0.4, -0.2) is 42.4 Å². The first-order valence-electron chi connectivity index (χ1n) is 5.70. The molecule has 0 unspecified atom stereocenters. The van der Waals surface area contributed by atoms with Gasteiger partial charge in [-0.1, -0.05) is 20.8 Å². The lowest BCUT2D eigenvalue weighted by Crippen LogP contribution is -3.00. The Bertz CT molecular complexity index is 90.3. The zero-order valence-corrected chi connectivity index (χ0v) is 11.5. The Kier molecular flexibility index (Phi) is 11.9. The van der Waals surface area contributed by atoms with Gasteiger partial charge in [0.15, 0.2) is 0 Å². The maximum absolute atomic E-state index is 9.07. The molecule has 0 radical (unpaired) electrons. The minimum absolute atomic E-state index is 0. The Balaban J connectivity index is 0. The number of halogens is 1. The van der Waals surface area contributed by atoms with Crippen molar-refractivity contribution in [2.75, 3.05) is 32.8 Å². The van der Waals surface area contributed by atoms with Crippen LogP contribution in [0, 0.1) is 0 Å². The van der Waals surface area contributed by atoms with Crippen molar-refractivity contribution in [3.63, 3.8) is 0 Å². The molecule has 0 heterocycles. The molecule has 88 valence electrons. The van der Waals surface area contributed by atoms with Gasteiger partial charge in [-0.25, -0.2) is 0 Å². The van der Waals surface area contributed by atoms with Crippen LogP contribution in [0.15, 0.2) is 0 Å². The first kappa shape index (κ1) is 16.8. The molecule has 0 bridgehead atoms. The summed E-state index contributed by atoms with van der Waals surface area (Å²) in [5.41, 5.74) is 0. The van der Waals surface area contributed by atoms with Crippen molar-refractivity contribution in [3.05, 3.63) is 0 Å². The molecule has 0 aliphatic carbocycles. The van der Waals surface area contributed by atoms with E-state index in [1.54, 1.807) is 0 Å². The summed E-state index contributed by atoms with van der Waals surface area (Å²) >= 11 is 0. The Labute approximate surface area is 99.7 Å². The zero-order chi connectivity index (χ0) is 10.2. The van der Waals surface area contributed by atoms with E-state index >= 15 is 0 Å². The average molecular weight is 268 g/mol. The third kappa shape index (κ3) is 5.99. The van der Waals surface area contributed by atoms with Crippen molar-refractivity contribution in [1.82, 2.24) is 0 Å². The van der Waals surface area contributed by atoms with Crippen LogP contribution in [0.2, 0.25) is 0 Å².